The van der Waals surface area contributed by atoms with Crippen molar-refractivity contribution in [2.75, 3.05) is 19.8 Å². The van der Waals surface area contributed by atoms with Crippen LogP contribution in [0.3, 0.4) is 0 Å². The lowest BCUT2D eigenvalue weighted by Gasteiger charge is -2.20. The first-order chi connectivity index (χ1) is 15.0. The molecule has 8 heteroatoms. The lowest BCUT2D eigenvalue weighted by atomic mass is 9.98. The van der Waals surface area contributed by atoms with E-state index in [4.69, 9.17) is 9.47 Å². The van der Waals surface area contributed by atoms with Crippen molar-refractivity contribution in [3.63, 3.8) is 0 Å². The molecule has 2 amide bonds. The van der Waals surface area contributed by atoms with E-state index in [2.05, 4.69) is 22.8 Å². The average molecular weight is 424 g/mol. The first kappa shape index (κ1) is 20.9. The van der Waals surface area contributed by atoms with Crippen molar-refractivity contribution in [3.8, 4) is 11.1 Å². The second-order valence-corrected chi connectivity index (χ2v) is 7.79. The van der Waals surface area contributed by atoms with E-state index in [-0.39, 0.29) is 25.7 Å². The molecule has 0 saturated carbocycles. The summed E-state index contributed by atoms with van der Waals surface area (Å²) >= 11 is 0. The lowest BCUT2D eigenvalue weighted by Crippen LogP contribution is -2.51. The quantitative estimate of drug-likeness (QED) is 0.655. The first-order valence-electron chi connectivity index (χ1n) is 10.2. The van der Waals surface area contributed by atoms with Gasteiger partial charge in [0.2, 0.25) is 5.91 Å². The molecule has 0 aromatic heterocycles. The summed E-state index contributed by atoms with van der Waals surface area (Å²) in [4.78, 5) is 35.9. The zero-order valence-electron chi connectivity index (χ0n) is 17.0. The number of rotatable bonds is 6. The van der Waals surface area contributed by atoms with Gasteiger partial charge in [0.15, 0.2) is 0 Å². The van der Waals surface area contributed by atoms with Crippen LogP contribution in [-0.2, 0) is 19.1 Å². The van der Waals surface area contributed by atoms with Gasteiger partial charge in [-0.2, -0.15) is 0 Å². The third-order valence-electron chi connectivity index (χ3n) is 5.80. The molecule has 3 N–H and O–H groups in total. The Morgan fingerprint density at radius 2 is 1.68 bits per heavy atom. The van der Waals surface area contributed by atoms with Crippen LogP contribution in [0.25, 0.3) is 11.1 Å². The van der Waals surface area contributed by atoms with Crippen LogP contribution in [0, 0.1) is 5.92 Å². The van der Waals surface area contributed by atoms with Crippen LogP contribution in [0.4, 0.5) is 4.79 Å². The van der Waals surface area contributed by atoms with Crippen LogP contribution in [0.15, 0.2) is 48.5 Å². The Morgan fingerprint density at radius 1 is 1.06 bits per heavy atom. The molecule has 2 aromatic carbocycles. The average Bonchev–Trinajstić information content (AvgIpc) is 3.35. The Balaban J connectivity index is 1.33. The molecule has 8 nitrogen and oxygen atoms in total. The molecule has 4 rings (SSSR count). The third-order valence-corrected chi connectivity index (χ3v) is 5.80. The molecule has 2 aromatic rings. The van der Waals surface area contributed by atoms with E-state index in [1.165, 1.54) is 6.92 Å². The van der Waals surface area contributed by atoms with Gasteiger partial charge in [-0.25, -0.2) is 4.79 Å². The fraction of sp³-hybridized carbons (Fsp3) is 0.348. The van der Waals surface area contributed by atoms with Gasteiger partial charge >= 0.3 is 12.1 Å². The fourth-order valence-corrected chi connectivity index (χ4v) is 4.13. The maximum atomic E-state index is 12.4. The van der Waals surface area contributed by atoms with E-state index < -0.39 is 36.0 Å². The molecule has 1 fully saturated rings. The maximum absolute atomic E-state index is 12.4. The molecule has 1 saturated heterocycles. The number of carbonyl (C=O) groups excluding carboxylic acids is 2. The molecule has 1 aliphatic heterocycles. The molecular weight excluding hydrogens is 400 g/mol. The number of carboxylic acids is 1. The van der Waals surface area contributed by atoms with Crippen molar-refractivity contribution >= 4 is 18.0 Å². The number of carbonyl (C=O) groups is 3. The molecule has 1 aliphatic carbocycles. The van der Waals surface area contributed by atoms with Gasteiger partial charge in [-0.1, -0.05) is 48.5 Å². The van der Waals surface area contributed by atoms with Crippen LogP contribution in [0.1, 0.15) is 24.0 Å². The smallest absolute Gasteiger partial charge is 0.407 e. The minimum absolute atomic E-state index is 0.0501. The van der Waals surface area contributed by atoms with Gasteiger partial charge in [0.25, 0.3) is 0 Å². The van der Waals surface area contributed by atoms with Crippen molar-refractivity contribution in [1.82, 2.24) is 10.6 Å². The van der Waals surface area contributed by atoms with Crippen LogP contribution in [0.5, 0.6) is 0 Å². The minimum atomic E-state index is -1.03. The van der Waals surface area contributed by atoms with E-state index in [1.807, 2.05) is 36.4 Å². The predicted octanol–water partition coefficient (Wildman–Crippen LogP) is 2.13. The highest BCUT2D eigenvalue weighted by Crippen LogP contribution is 2.44. The van der Waals surface area contributed by atoms with Gasteiger partial charge in [-0.3, -0.25) is 9.59 Å². The second-order valence-electron chi connectivity index (χ2n) is 7.79. The summed E-state index contributed by atoms with van der Waals surface area (Å²) < 4.78 is 10.6. The number of hydrogen-bond acceptors (Lipinski definition) is 5. The molecular formula is C23H24N2O6. The third kappa shape index (κ3) is 4.25. The summed E-state index contributed by atoms with van der Waals surface area (Å²) in [6.45, 7) is 1.84. The Labute approximate surface area is 179 Å². The lowest BCUT2D eigenvalue weighted by molar-refractivity contribution is -0.142. The molecule has 0 bridgehead atoms. The summed E-state index contributed by atoms with van der Waals surface area (Å²) in [7, 11) is 0. The van der Waals surface area contributed by atoms with E-state index in [0.29, 0.717) is 0 Å². The number of hydrogen-bond donors (Lipinski definition) is 3. The number of carboxylic acid groups (broad SMARTS) is 1. The number of amides is 2. The predicted molar refractivity (Wildman–Crippen MR) is 112 cm³/mol. The van der Waals surface area contributed by atoms with Gasteiger partial charge in [-0.05, 0) is 29.2 Å². The van der Waals surface area contributed by atoms with Crippen molar-refractivity contribution < 1.29 is 29.0 Å². The van der Waals surface area contributed by atoms with Crippen LogP contribution in [0.2, 0.25) is 0 Å². The topological polar surface area (TPSA) is 114 Å². The van der Waals surface area contributed by atoms with Crippen molar-refractivity contribution in [3.05, 3.63) is 59.7 Å². The summed E-state index contributed by atoms with van der Waals surface area (Å²) in [5.74, 6) is -2.39. The molecule has 162 valence electrons. The van der Waals surface area contributed by atoms with E-state index in [1.54, 1.807) is 0 Å². The monoisotopic (exact) mass is 424 g/mol. The highest BCUT2D eigenvalue weighted by atomic mass is 16.5. The van der Waals surface area contributed by atoms with Gasteiger partial charge in [-0.15, -0.1) is 0 Å². The van der Waals surface area contributed by atoms with Crippen molar-refractivity contribution in [2.24, 2.45) is 5.92 Å². The molecule has 3 unspecified atom stereocenters. The first-order valence-corrected chi connectivity index (χ1v) is 10.2. The van der Waals surface area contributed by atoms with Crippen LogP contribution < -0.4 is 10.6 Å². The normalized spacial score (nSPS) is 20.4. The molecule has 1 heterocycles. The van der Waals surface area contributed by atoms with E-state index >= 15 is 0 Å². The zero-order chi connectivity index (χ0) is 22.0. The van der Waals surface area contributed by atoms with E-state index in [9.17, 15) is 19.5 Å². The van der Waals surface area contributed by atoms with Gasteiger partial charge in [0.05, 0.1) is 19.3 Å². The number of fused-ring (bicyclic) bond motifs is 3. The summed E-state index contributed by atoms with van der Waals surface area (Å²) in [6, 6.07) is 14.5. The fourth-order valence-electron chi connectivity index (χ4n) is 4.13. The minimum Gasteiger partial charge on any atom is -0.481 e. The summed E-state index contributed by atoms with van der Waals surface area (Å²) in [5.41, 5.74) is 4.46. The molecule has 0 radical (unpaired) electrons. The van der Waals surface area contributed by atoms with Crippen LogP contribution >= 0.6 is 0 Å². The Kier molecular flexibility index (Phi) is 5.90. The zero-order valence-corrected chi connectivity index (χ0v) is 17.0. The Morgan fingerprint density at radius 3 is 2.29 bits per heavy atom. The van der Waals surface area contributed by atoms with Gasteiger partial charge in [0.1, 0.15) is 18.6 Å². The molecule has 3 atom stereocenters. The molecule has 0 spiro atoms. The number of alkyl carbamates (subject to hydrolysis) is 1. The second kappa shape index (κ2) is 8.77. The van der Waals surface area contributed by atoms with Crippen molar-refractivity contribution in [1.29, 1.82) is 0 Å². The highest BCUT2D eigenvalue weighted by Gasteiger charge is 2.36. The van der Waals surface area contributed by atoms with Crippen LogP contribution in [-0.4, -0.2) is 55.0 Å². The number of aliphatic carboxylic acids is 1. The molecule has 2 aliphatic rings. The summed E-state index contributed by atoms with van der Waals surface area (Å²) in [5, 5.41) is 14.3. The van der Waals surface area contributed by atoms with Crippen molar-refractivity contribution in [2.45, 2.75) is 24.9 Å². The number of ether oxygens (including phenoxy) is 2. The largest absolute Gasteiger partial charge is 0.481 e. The number of nitrogens with one attached hydrogen (secondary N) is 2. The van der Waals surface area contributed by atoms with Gasteiger partial charge < -0.3 is 25.2 Å². The molecule has 31 heavy (non-hydrogen) atoms. The van der Waals surface area contributed by atoms with Gasteiger partial charge in [0, 0.05) is 5.92 Å². The maximum Gasteiger partial charge on any atom is 0.407 e. The van der Waals surface area contributed by atoms with E-state index in [0.717, 1.165) is 22.3 Å². The Hall–Kier alpha value is -3.39. The number of benzene rings is 2. The summed E-state index contributed by atoms with van der Waals surface area (Å²) in [6.07, 6.45) is -0.707. The highest BCUT2D eigenvalue weighted by molar-refractivity contribution is 5.86. The Bertz CT molecular complexity index is 962. The SMILES string of the molecule is CC(NC(=O)OCC1c2ccccc2-c2ccccc21)C(=O)NC1COCC1C(=O)O. The standard InChI is InChI=1S/C23H24N2O6/c1-13(21(26)25-20-12-30-10-19(20)22(27)28)24-23(29)31-11-18-16-8-4-2-6-14(16)15-7-3-5-9-17(15)18/h2-9,13,18-20H,10-12H2,1H3,(H,24,29)(H,25,26)(H,27,28).